The summed E-state index contributed by atoms with van der Waals surface area (Å²) in [7, 11) is 0. The van der Waals surface area contributed by atoms with Crippen molar-refractivity contribution in [3.05, 3.63) is 99.6 Å². The summed E-state index contributed by atoms with van der Waals surface area (Å²) in [5.41, 5.74) is 1.73. The quantitative estimate of drug-likeness (QED) is 0.370. The third-order valence-corrected chi connectivity index (χ3v) is 6.03. The Kier molecular flexibility index (Phi) is 8.05. The van der Waals surface area contributed by atoms with E-state index < -0.39 is 29.7 Å². The van der Waals surface area contributed by atoms with Gasteiger partial charge in [0.1, 0.15) is 12.4 Å². The Morgan fingerprint density at radius 1 is 1.03 bits per heavy atom. The van der Waals surface area contributed by atoms with Gasteiger partial charge >= 0.3 is 12.1 Å². The van der Waals surface area contributed by atoms with Crippen molar-refractivity contribution in [3.63, 3.8) is 0 Å². The SMILES string of the molecule is CCOC(=O)COc1ccc(Cl)cc1C1c2ccc(F)c(F)c2CCN1C(=O)OCc1ccccc1. The number of nitrogens with zero attached hydrogens (tertiary/aromatic N) is 1. The molecule has 1 aliphatic heterocycles. The monoisotopic (exact) mass is 515 g/mol. The highest BCUT2D eigenvalue weighted by Crippen LogP contribution is 2.42. The third-order valence-electron chi connectivity index (χ3n) is 5.80. The van der Waals surface area contributed by atoms with E-state index in [9.17, 15) is 18.4 Å². The molecule has 0 saturated carbocycles. The minimum Gasteiger partial charge on any atom is -0.482 e. The number of halogens is 3. The molecule has 0 saturated heterocycles. The summed E-state index contributed by atoms with van der Waals surface area (Å²) in [6.45, 7) is 1.60. The number of rotatable bonds is 7. The van der Waals surface area contributed by atoms with Gasteiger partial charge in [0, 0.05) is 17.1 Å². The lowest BCUT2D eigenvalue weighted by molar-refractivity contribution is -0.145. The molecule has 0 aliphatic carbocycles. The van der Waals surface area contributed by atoms with E-state index in [1.54, 1.807) is 25.1 Å². The largest absolute Gasteiger partial charge is 0.482 e. The molecular formula is C27H24ClF2NO5. The first-order chi connectivity index (χ1) is 17.4. The number of hydrogen-bond donors (Lipinski definition) is 0. The van der Waals surface area contributed by atoms with Crippen molar-refractivity contribution >= 4 is 23.7 Å². The summed E-state index contributed by atoms with van der Waals surface area (Å²) < 4.78 is 45.0. The normalized spacial score (nSPS) is 14.7. The summed E-state index contributed by atoms with van der Waals surface area (Å²) in [6.07, 6.45) is -0.550. The molecule has 0 aromatic heterocycles. The Labute approximate surface area is 212 Å². The van der Waals surface area contributed by atoms with Gasteiger partial charge in [-0.1, -0.05) is 48.0 Å². The smallest absolute Gasteiger partial charge is 0.410 e. The summed E-state index contributed by atoms with van der Waals surface area (Å²) in [6, 6.07) is 15.4. The van der Waals surface area contributed by atoms with Gasteiger partial charge in [-0.05, 0) is 54.3 Å². The van der Waals surface area contributed by atoms with Gasteiger partial charge in [-0.25, -0.2) is 18.4 Å². The van der Waals surface area contributed by atoms with Crippen LogP contribution in [0, 0.1) is 11.6 Å². The minimum absolute atomic E-state index is 0.0370. The maximum Gasteiger partial charge on any atom is 0.410 e. The first kappa shape index (κ1) is 25.4. The van der Waals surface area contributed by atoms with E-state index in [0.717, 1.165) is 11.6 Å². The van der Waals surface area contributed by atoms with E-state index in [1.165, 1.54) is 11.0 Å². The van der Waals surface area contributed by atoms with Gasteiger partial charge in [-0.3, -0.25) is 4.90 Å². The molecule has 1 aliphatic rings. The molecule has 1 amide bonds. The minimum atomic E-state index is -0.975. The summed E-state index contributed by atoms with van der Waals surface area (Å²) in [4.78, 5) is 26.6. The lowest BCUT2D eigenvalue weighted by Crippen LogP contribution is -2.41. The molecule has 0 spiro atoms. The molecule has 6 nitrogen and oxygen atoms in total. The van der Waals surface area contributed by atoms with Crippen molar-refractivity contribution in [2.24, 2.45) is 0 Å². The molecule has 0 fully saturated rings. The predicted octanol–water partition coefficient (Wildman–Crippen LogP) is 5.84. The third kappa shape index (κ3) is 5.60. The van der Waals surface area contributed by atoms with Crippen LogP contribution in [-0.4, -0.2) is 36.7 Å². The van der Waals surface area contributed by atoms with Gasteiger partial charge in [0.25, 0.3) is 0 Å². The van der Waals surface area contributed by atoms with E-state index in [1.807, 2.05) is 30.3 Å². The molecule has 3 aromatic rings. The molecule has 4 rings (SSSR count). The first-order valence-electron chi connectivity index (χ1n) is 11.4. The Hall–Kier alpha value is -3.65. The predicted molar refractivity (Wildman–Crippen MR) is 129 cm³/mol. The average Bonchev–Trinajstić information content (AvgIpc) is 2.89. The van der Waals surface area contributed by atoms with Gasteiger partial charge in [0.15, 0.2) is 18.2 Å². The van der Waals surface area contributed by atoms with Crippen molar-refractivity contribution in [1.82, 2.24) is 4.90 Å². The van der Waals surface area contributed by atoms with E-state index >= 15 is 0 Å². The molecule has 36 heavy (non-hydrogen) atoms. The van der Waals surface area contributed by atoms with Crippen LogP contribution in [0.1, 0.15) is 35.2 Å². The zero-order valence-corrected chi connectivity index (χ0v) is 20.3. The molecule has 3 aromatic carbocycles. The number of benzene rings is 3. The molecule has 1 unspecified atom stereocenters. The number of fused-ring (bicyclic) bond motifs is 1. The second-order valence-electron chi connectivity index (χ2n) is 8.09. The van der Waals surface area contributed by atoms with Crippen LogP contribution in [0.3, 0.4) is 0 Å². The Bertz CT molecular complexity index is 1250. The van der Waals surface area contributed by atoms with Crippen LogP contribution < -0.4 is 4.74 Å². The summed E-state index contributed by atoms with van der Waals surface area (Å²) >= 11 is 6.28. The fourth-order valence-corrected chi connectivity index (χ4v) is 4.37. The van der Waals surface area contributed by atoms with Crippen molar-refractivity contribution in [2.45, 2.75) is 26.0 Å². The van der Waals surface area contributed by atoms with Gasteiger partial charge in [0.05, 0.1) is 12.6 Å². The molecule has 0 bridgehead atoms. The van der Waals surface area contributed by atoms with E-state index in [2.05, 4.69) is 0 Å². The van der Waals surface area contributed by atoms with Gasteiger partial charge in [-0.2, -0.15) is 0 Å². The fourth-order valence-electron chi connectivity index (χ4n) is 4.19. The fraction of sp³-hybridized carbons (Fsp3) is 0.259. The highest BCUT2D eigenvalue weighted by molar-refractivity contribution is 6.30. The van der Waals surface area contributed by atoms with E-state index in [0.29, 0.717) is 16.1 Å². The van der Waals surface area contributed by atoms with Crippen LogP contribution in [0.4, 0.5) is 13.6 Å². The van der Waals surface area contributed by atoms with Crippen molar-refractivity contribution in [3.8, 4) is 5.75 Å². The molecule has 188 valence electrons. The summed E-state index contributed by atoms with van der Waals surface area (Å²) in [5.74, 6) is -2.27. The highest BCUT2D eigenvalue weighted by atomic mass is 35.5. The number of ether oxygens (including phenoxy) is 3. The zero-order chi connectivity index (χ0) is 25.7. The van der Waals surface area contributed by atoms with Crippen LogP contribution in [0.25, 0.3) is 0 Å². The Balaban J connectivity index is 1.72. The van der Waals surface area contributed by atoms with Crippen molar-refractivity contribution in [1.29, 1.82) is 0 Å². The van der Waals surface area contributed by atoms with Crippen LogP contribution in [-0.2, 0) is 27.3 Å². The standard InChI is InChI=1S/C27H24ClF2NO5/c1-2-34-24(32)16-35-23-11-8-18(28)14-21(23)26-20-9-10-22(29)25(30)19(20)12-13-31(26)27(33)36-15-17-6-4-3-5-7-17/h3-11,14,26H,2,12-13,15-16H2,1H3. The number of amides is 1. The maximum absolute atomic E-state index is 14.8. The van der Waals surface area contributed by atoms with Crippen molar-refractivity contribution < 1.29 is 32.6 Å². The molecule has 1 heterocycles. The number of carbonyl (C=O) groups excluding carboxylic acids is 2. The average molecular weight is 516 g/mol. The molecular weight excluding hydrogens is 492 g/mol. The second kappa shape index (κ2) is 11.4. The molecule has 1 atom stereocenters. The van der Waals surface area contributed by atoms with Gasteiger partial charge < -0.3 is 14.2 Å². The maximum atomic E-state index is 14.8. The zero-order valence-electron chi connectivity index (χ0n) is 19.5. The second-order valence-corrected chi connectivity index (χ2v) is 8.53. The van der Waals surface area contributed by atoms with Gasteiger partial charge in [0.2, 0.25) is 0 Å². The Morgan fingerprint density at radius 3 is 2.56 bits per heavy atom. The number of hydrogen-bond acceptors (Lipinski definition) is 5. The summed E-state index contributed by atoms with van der Waals surface area (Å²) in [5, 5.41) is 0.334. The van der Waals surface area contributed by atoms with Crippen LogP contribution in [0.15, 0.2) is 60.7 Å². The topological polar surface area (TPSA) is 65.1 Å². The van der Waals surface area contributed by atoms with E-state index in [-0.39, 0.29) is 44.1 Å². The lowest BCUT2D eigenvalue weighted by Gasteiger charge is -2.37. The van der Waals surface area contributed by atoms with Crippen LogP contribution in [0.5, 0.6) is 5.75 Å². The van der Waals surface area contributed by atoms with Crippen LogP contribution >= 0.6 is 11.6 Å². The number of carbonyl (C=O) groups is 2. The number of esters is 1. The molecule has 0 radical (unpaired) electrons. The first-order valence-corrected chi connectivity index (χ1v) is 11.8. The van der Waals surface area contributed by atoms with Crippen molar-refractivity contribution in [2.75, 3.05) is 19.8 Å². The van der Waals surface area contributed by atoms with Gasteiger partial charge in [-0.15, -0.1) is 0 Å². The molecule has 0 N–H and O–H groups in total. The molecule has 9 heteroatoms. The van der Waals surface area contributed by atoms with E-state index in [4.69, 9.17) is 25.8 Å². The lowest BCUT2D eigenvalue weighted by atomic mass is 9.87. The van der Waals surface area contributed by atoms with Crippen LogP contribution in [0.2, 0.25) is 5.02 Å². The highest BCUT2D eigenvalue weighted by Gasteiger charge is 2.37. The Morgan fingerprint density at radius 2 is 1.81 bits per heavy atom.